The van der Waals surface area contributed by atoms with E-state index in [1.165, 1.54) is 22.2 Å². The van der Waals surface area contributed by atoms with Gasteiger partial charge in [0.15, 0.2) is 0 Å². The van der Waals surface area contributed by atoms with Crippen molar-refractivity contribution in [1.29, 1.82) is 5.26 Å². The summed E-state index contributed by atoms with van der Waals surface area (Å²) in [6, 6.07) is 2.04. The Morgan fingerprint density at radius 3 is 2.95 bits per heavy atom. The Bertz CT molecular complexity index is 705. The molecule has 0 atom stereocenters. The van der Waals surface area contributed by atoms with E-state index >= 15 is 0 Å². The van der Waals surface area contributed by atoms with Gasteiger partial charge in [-0.2, -0.15) is 5.26 Å². The van der Waals surface area contributed by atoms with Crippen LogP contribution in [-0.2, 0) is 4.79 Å². The molecule has 0 aliphatic heterocycles. The summed E-state index contributed by atoms with van der Waals surface area (Å²) in [6.07, 6.45) is 1.90. The first-order valence-electron chi connectivity index (χ1n) is 6.49. The van der Waals surface area contributed by atoms with Gasteiger partial charge in [-0.3, -0.25) is 4.79 Å². The molecule has 110 valence electrons. The summed E-state index contributed by atoms with van der Waals surface area (Å²) in [7, 11) is 1.72. The van der Waals surface area contributed by atoms with E-state index in [4.69, 9.17) is 5.26 Å². The number of nitrogens with zero attached hydrogens (tertiary/aromatic N) is 4. The third kappa shape index (κ3) is 3.52. The normalized spacial score (nSPS) is 10.6. The molecule has 0 spiro atoms. The number of carbonyl (C=O) groups excluding carboxylic acids is 1. The SMILES string of the molecule is Cc1sc2ncnc(SCC(=O)N(C)CCC#N)c2c1C. The van der Waals surface area contributed by atoms with Crippen molar-refractivity contribution in [3.05, 3.63) is 16.8 Å². The lowest BCUT2D eigenvalue weighted by molar-refractivity contribution is -0.127. The maximum atomic E-state index is 12.0. The second-order valence-electron chi connectivity index (χ2n) is 4.65. The molecular weight excluding hydrogens is 304 g/mol. The monoisotopic (exact) mass is 320 g/mol. The number of thiophene rings is 1. The Kier molecular flexibility index (Phi) is 5.15. The number of thioether (sulfide) groups is 1. The zero-order chi connectivity index (χ0) is 15.4. The molecule has 0 N–H and O–H groups in total. The molecule has 2 aromatic rings. The van der Waals surface area contributed by atoms with Gasteiger partial charge in [-0.05, 0) is 19.4 Å². The van der Waals surface area contributed by atoms with E-state index in [-0.39, 0.29) is 5.91 Å². The van der Waals surface area contributed by atoms with Crippen LogP contribution in [0.2, 0.25) is 0 Å². The van der Waals surface area contributed by atoms with Crippen molar-refractivity contribution in [1.82, 2.24) is 14.9 Å². The van der Waals surface area contributed by atoms with Crippen molar-refractivity contribution >= 4 is 39.2 Å². The molecule has 0 fully saturated rings. The molecule has 0 saturated carbocycles. The van der Waals surface area contributed by atoms with Crippen LogP contribution >= 0.6 is 23.1 Å². The number of hydrogen-bond donors (Lipinski definition) is 0. The average molecular weight is 320 g/mol. The Morgan fingerprint density at radius 2 is 2.24 bits per heavy atom. The van der Waals surface area contributed by atoms with Crippen LogP contribution in [-0.4, -0.2) is 40.1 Å². The molecule has 2 heterocycles. The van der Waals surface area contributed by atoms with E-state index in [1.807, 2.05) is 6.07 Å². The van der Waals surface area contributed by atoms with Crippen LogP contribution in [0.15, 0.2) is 11.4 Å². The quantitative estimate of drug-likeness (QED) is 0.626. The smallest absolute Gasteiger partial charge is 0.232 e. The lowest BCUT2D eigenvalue weighted by Crippen LogP contribution is -2.29. The zero-order valence-electron chi connectivity index (χ0n) is 12.2. The van der Waals surface area contributed by atoms with Gasteiger partial charge in [-0.1, -0.05) is 11.8 Å². The van der Waals surface area contributed by atoms with Crippen LogP contribution in [0.5, 0.6) is 0 Å². The third-order valence-corrected chi connectivity index (χ3v) is 5.34. The second kappa shape index (κ2) is 6.87. The minimum atomic E-state index is 0.00613. The summed E-state index contributed by atoms with van der Waals surface area (Å²) < 4.78 is 0. The standard InChI is InChI=1S/C14H16N4OS2/c1-9-10(2)21-14-12(9)13(16-8-17-14)20-7-11(19)18(3)6-4-5-15/h8H,4,6-7H2,1-3H3. The molecule has 0 radical (unpaired) electrons. The highest BCUT2D eigenvalue weighted by Gasteiger charge is 2.15. The number of aryl methyl sites for hydroxylation is 2. The molecule has 0 bridgehead atoms. The predicted molar refractivity (Wildman–Crippen MR) is 85.5 cm³/mol. The second-order valence-corrected chi connectivity index (χ2v) is 6.82. The Hall–Kier alpha value is -1.65. The minimum Gasteiger partial charge on any atom is -0.344 e. The van der Waals surface area contributed by atoms with E-state index in [0.717, 1.165) is 15.2 Å². The molecule has 1 amide bonds. The van der Waals surface area contributed by atoms with E-state index in [9.17, 15) is 4.79 Å². The van der Waals surface area contributed by atoms with Crippen LogP contribution in [0.4, 0.5) is 0 Å². The van der Waals surface area contributed by atoms with Gasteiger partial charge in [0, 0.05) is 23.9 Å². The predicted octanol–water partition coefficient (Wildman–Crippen LogP) is 2.77. The van der Waals surface area contributed by atoms with E-state index in [0.29, 0.717) is 18.7 Å². The number of nitriles is 1. The van der Waals surface area contributed by atoms with Gasteiger partial charge in [0.05, 0.1) is 18.2 Å². The fraction of sp³-hybridized carbons (Fsp3) is 0.429. The molecule has 0 aromatic carbocycles. The van der Waals surface area contributed by atoms with Crippen molar-refractivity contribution in [3.8, 4) is 6.07 Å². The first kappa shape index (κ1) is 15.7. The maximum Gasteiger partial charge on any atom is 0.232 e. The number of amides is 1. The highest BCUT2D eigenvalue weighted by atomic mass is 32.2. The summed E-state index contributed by atoms with van der Waals surface area (Å²) in [6.45, 7) is 4.59. The largest absolute Gasteiger partial charge is 0.344 e. The van der Waals surface area contributed by atoms with Crippen molar-refractivity contribution in [3.63, 3.8) is 0 Å². The highest BCUT2D eigenvalue weighted by molar-refractivity contribution is 8.00. The summed E-state index contributed by atoms with van der Waals surface area (Å²) in [4.78, 5) is 24.4. The molecular formula is C14H16N4OS2. The Morgan fingerprint density at radius 1 is 1.48 bits per heavy atom. The minimum absolute atomic E-state index is 0.00613. The summed E-state index contributed by atoms with van der Waals surface area (Å²) >= 11 is 3.08. The number of aromatic nitrogens is 2. The van der Waals surface area contributed by atoms with E-state index in [2.05, 4.69) is 23.8 Å². The molecule has 5 nitrogen and oxygen atoms in total. The van der Waals surface area contributed by atoms with Crippen LogP contribution in [0, 0.1) is 25.2 Å². The molecule has 7 heteroatoms. The number of fused-ring (bicyclic) bond motifs is 1. The number of rotatable bonds is 5. The fourth-order valence-electron chi connectivity index (χ4n) is 1.84. The van der Waals surface area contributed by atoms with Gasteiger partial charge in [0.1, 0.15) is 16.2 Å². The zero-order valence-corrected chi connectivity index (χ0v) is 13.8. The Balaban J connectivity index is 2.11. The first-order chi connectivity index (χ1) is 10.0. The van der Waals surface area contributed by atoms with Crippen LogP contribution in [0.3, 0.4) is 0 Å². The van der Waals surface area contributed by atoms with Crippen molar-refractivity contribution in [2.75, 3.05) is 19.3 Å². The average Bonchev–Trinajstić information content (AvgIpc) is 2.77. The van der Waals surface area contributed by atoms with Gasteiger partial charge in [-0.25, -0.2) is 9.97 Å². The lowest BCUT2D eigenvalue weighted by atomic mass is 10.2. The van der Waals surface area contributed by atoms with Gasteiger partial charge in [0.25, 0.3) is 0 Å². The number of hydrogen-bond acceptors (Lipinski definition) is 6. The van der Waals surface area contributed by atoms with Crippen LogP contribution in [0.1, 0.15) is 16.9 Å². The first-order valence-corrected chi connectivity index (χ1v) is 8.29. The van der Waals surface area contributed by atoms with Gasteiger partial charge >= 0.3 is 0 Å². The highest BCUT2D eigenvalue weighted by Crippen LogP contribution is 2.34. The van der Waals surface area contributed by atoms with Crippen LogP contribution < -0.4 is 0 Å². The molecule has 2 rings (SSSR count). The fourth-order valence-corrected chi connectivity index (χ4v) is 3.90. The van der Waals surface area contributed by atoms with Crippen LogP contribution in [0.25, 0.3) is 10.2 Å². The van der Waals surface area contributed by atoms with E-state index in [1.54, 1.807) is 29.6 Å². The molecule has 0 aliphatic carbocycles. The van der Waals surface area contributed by atoms with Gasteiger partial charge in [-0.15, -0.1) is 11.3 Å². The van der Waals surface area contributed by atoms with Gasteiger partial charge < -0.3 is 4.90 Å². The number of carbonyl (C=O) groups is 1. The van der Waals surface area contributed by atoms with Crippen molar-refractivity contribution in [2.24, 2.45) is 0 Å². The van der Waals surface area contributed by atoms with Crippen molar-refractivity contribution in [2.45, 2.75) is 25.3 Å². The Labute approximate surface area is 132 Å². The summed E-state index contributed by atoms with van der Waals surface area (Å²) in [5, 5.41) is 10.5. The molecule has 0 aliphatic rings. The lowest BCUT2D eigenvalue weighted by Gasteiger charge is -2.14. The third-order valence-electron chi connectivity index (χ3n) is 3.25. The van der Waals surface area contributed by atoms with E-state index < -0.39 is 0 Å². The molecule has 0 saturated heterocycles. The maximum absolute atomic E-state index is 12.0. The topological polar surface area (TPSA) is 69.9 Å². The summed E-state index contributed by atoms with van der Waals surface area (Å²) in [5.41, 5.74) is 1.18. The summed E-state index contributed by atoms with van der Waals surface area (Å²) in [5.74, 6) is 0.328. The van der Waals surface area contributed by atoms with Gasteiger partial charge in [0.2, 0.25) is 5.91 Å². The molecule has 21 heavy (non-hydrogen) atoms. The molecule has 2 aromatic heterocycles. The van der Waals surface area contributed by atoms with Crippen molar-refractivity contribution < 1.29 is 4.79 Å². The molecule has 0 unspecified atom stereocenters.